The van der Waals surface area contributed by atoms with Gasteiger partial charge in [0.2, 0.25) is 0 Å². The average Bonchev–Trinajstić information content (AvgIpc) is 2.33. The van der Waals surface area contributed by atoms with Crippen LogP contribution in [0.25, 0.3) is 0 Å². The Kier molecular flexibility index (Phi) is 5.91. The summed E-state index contributed by atoms with van der Waals surface area (Å²) in [7, 11) is 0. The summed E-state index contributed by atoms with van der Waals surface area (Å²) in [5.41, 5.74) is 2.16. The fraction of sp³-hybridized carbons (Fsp3) is 0.167. The Labute approximate surface area is 112 Å². The van der Waals surface area contributed by atoms with Crippen LogP contribution in [0.1, 0.15) is 11.1 Å². The molecule has 0 aliphatic heterocycles. The van der Waals surface area contributed by atoms with Crippen molar-refractivity contribution >= 4 is 24.0 Å². The Hall–Kier alpha value is -1.16. The van der Waals surface area contributed by atoms with Gasteiger partial charge in [0.05, 0.1) is 0 Å². The first-order valence-corrected chi connectivity index (χ1v) is 5.43. The standard InChI is InChI=1S/C12H12ClN3.ClH/c13-12-11(4-2-6-16-12)9-15-8-10-3-1-5-14-7-10;/h1-7,15H,8-9H2;1H. The van der Waals surface area contributed by atoms with Gasteiger partial charge in [-0.25, -0.2) is 4.98 Å². The Morgan fingerprint density at radius 1 is 1.12 bits per heavy atom. The monoisotopic (exact) mass is 269 g/mol. The highest BCUT2D eigenvalue weighted by molar-refractivity contribution is 6.30. The molecule has 3 nitrogen and oxygen atoms in total. The minimum atomic E-state index is 0. The van der Waals surface area contributed by atoms with E-state index in [1.54, 1.807) is 12.4 Å². The predicted molar refractivity (Wildman–Crippen MR) is 71.3 cm³/mol. The fourth-order valence-electron chi connectivity index (χ4n) is 1.40. The van der Waals surface area contributed by atoms with Crippen LogP contribution in [0.4, 0.5) is 0 Å². The van der Waals surface area contributed by atoms with E-state index in [9.17, 15) is 0 Å². The van der Waals surface area contributed by atoms with E-state index in [2.05, 4.69) is 15.3 Å². The Balaban J connectivity index is 0.00000144. The highest BCUT2D eigenvalue weighted by atomic mass is 35.5. The van der Waals surface area contributed by atoms with E-state index >= 15 is 0 Å². The second-order valence-electron chi connectivity index (χ2n) is 3.42. The van der Waals surface area contributed by atoms with Crippen molar-refractivity contribution < 1.29 is 0 Å². The van der Waals surface area contributed by atoms with Crippen molar-refractivity contribution in [1.82, 2.24) is 15.3 Å². The summed E-state index contributed by atoms with van der Waals surface area (Å²) in [6.45, 7) is 1.49. The first-order chi connectivity index (χ1) is 7.86. The zero-order valence-electron chi connectivity index (χ0n) is 9.14. The molecule has 0 spiro atoms. The van der Waals surface area contributed by atoms with Crippen LogP contribution in [0.15, 0.2) is 42.9 Å². The molecule has 0 aliphatic rings. The maximum absolute atomic E-state index is 5.94. The fourth-order valence-corrected chi connectivity index (χ4v) is 1.58. The van der Waals surface area contributed by atoms with Gasteiger partial charge in [-0.15, -0.1) is 12.4 Å². The molecule has 90 valence electrons. The van der Waals surface area contributed by atoms with Gasteiger partial charge in [0, 0.05) is 37.2 Å². The van der Waals surface area contributed by atoms with Crippen molar-refractivity contribution in [1.29, 1.82) is 0 Å². The van der Waals surface area contributed by atoms with E-state index in [1.807, 2.05) is 30.5 Å². The lowest BCUT2D eigenvalue weighted by atomic mass is 10.2. The molecule has 0 amide bonds. The summed E-state index contributed by atoms with van der Waals surface area (Å²) in [4.78, 5) is 8.07. The van der Waals surface area contributed by atoms with Gasteiger partial charge in [0.1, 0.15) is 5.15 Å². The Morgan fingerprint density at radius 2 is 1.94 bits per heavy atom. The summed E-state index contributed by atoms with van der Waals surface area (Å²) >= 11 is 5.94. The molecule has 5 heteroatoms. The van der Waals surface area contributed by atoms with Gasteiger partial charge < -0.3 is 5.32 Å². The molecule has 17 heavy (non-hydrogen) atoms. The number of hydrogen-bond donors (Lipinski definition) is 1. The zero-order valence-corrected chi connectivity index (χ0v) is 10.7. The van der Waals surface area contributed by atoms with Crippen LogP contribution < -0.4 is 5.32 Å². The average molecular weight is 270 g/mol. The number of halogens is 2. The SMILES string of the molecule is Cl.Clc1ncccc1CNCc1cccnc1. The van der Waals surface area contributed by atoms with Crippen LogP contribution in [0.3, 0.4) is 0 Å². The molecule has 2 heterocycles. The van der Waals surface area contributed by atoms with Crippen molar-refractivity contribution in [2.75, 3.05) is 0 Å². The largest absolute Gasteiger partial charge is 0.308 e. The molecular weight excluding hydrogens is 257 g/mol. The molecule has 0 fully saturated rings. The third-order valence-electron chi connectivity index (χ3n) is 2.20. The molecule has 0 radical (unpaired) electrons. The molecule has 2 rings (SSSR count). The predicted octanol–water partition coefficient (Wildman–Crippen LogP) is 2.84. The van der Waals surface area contributed by atoms with Crippen LogP contribution in [0.5, 0.6) is 0 Å². The van der Waals surface area contributed by atoms with Gasteiger partial charge >= 0.3 is 0 Å². The highest BCUT2D eigenvalue weighted by Gasteiger charge is 1.99. The number of rotatable bonds is 4. The highest BCUT2D eigenvalue weighted by Crippen LogP contribution is 2.10. The van der Waals surface area contributed by atoms with Crippen LogP contribution >= 0.6 is 24.0 Å². The quantitative estimate of drug-likeness (QED) is 0.868. The van der Waals surface area contributed by atoms with Crippen molar-refractivity contribution in [2.45, 2.75) is 13.1 Å². The Bertz CT molecular complexity index is 449. The molecular formula is C12H13Cl2N3. The molecule has 0 atom stereocenters. The first-order valence-electron chi connectivity index (χ1n) is 5.05. The summed E-state index contributed by atoms with van der Waals surface area (Å²) < 4.78 is 0. The van der Waals surface area contributed by atoms with Crippen molar-refractivity contribution in [3.63, 3.8) is 0 Å². The topological polar surface area (TPSA) is 37.8 Å². The van der Waals surface area contributed by atoms with Gasteiger partial charge in [-0.05, 0) is 17.7 Å². The lowest BCUT2D eigenvalue weighted by Crippen LogP contribution is -2.13. The van der Waals surface area contributed by atoms with E-state index < -0.39 is 0 Å². The molecule has 0 bridgehead atoms. The number of aromatic nitrogens is 2. The second kappa shape index (κ2) is 7.22. The molecule has 0 aliphatic carbocycles. The van der Waals surface area contributed by atoms with Crippen LogP contribution in [-0.4, -0.2) is 9.97 Å². The molecule has 0 saturated heterocycles. The van der Waals surface area contributed by atoms with Gasteiger partial charge in [-0.3, -0.25) is 4.98 Å². The molecule has 0 aromatic carbocycles. The van der Waals surface area contributed by atoms with E-state index in [1.165, 1.54) is 0 Å². The molecule has 2 aromatic heterocycles. The summed E-state index contributed by atoms with van der Waals surface area (Å²) in [6, 6.07) is 7.80. The van der Waals surface area contributed by atoms with Crippen molar-refractivity contribution in [3.8, 4) is 0 Å². The summed E-state index contributed by atoms with van der Waals surface area (Å²) in [5.74, 6) is 0. The zero-order chi connectivity index (χ0) is 11.2. The van der Waals surface area contributed by atoms with Gasteiger partial charge in [-0.1, -0.05) is 23.7 Å². The van der Waals surface area contributed by atoms with Gasteiger partial charge in [0.25, 0.3) is 0 Å². The van der Waals surface area contributed by atoms with Gasteiger partial charge in [0.15, 0.2) is 0 Å². The maximum atomic E-state index is 5.94. The van der Waals surface area contributed by atoms with Crippen LogP contribution in [0, 0.1) is 0 Å². The third kappa shape index (κ3) is 4.30. The first kappa shape index (κ1) is 13.9. The van der Waals surface area contributed by atoms with Crippen molar-refractivity contribution in [3.05, 3.63) is 59.1 Å². The number of nitrogens with zero attached hydrogens (tertiary/aromatic N) is 2. The molecule has 1 N–H and O–H groups in total. The number of hydrogen-bond acceptors (Lipinski definition) is 3. The normalized spacial score (nSPS) is 9.71. The second-order valence-corrected chi connectivity index (χ2v) is 3.78. The van der Waals surface area contributed by atoms with E-state index in [4.69, 9.17) is 11.6 Å². The van der Waals surface area contributed by atoms with E-state index in [0.717, 1.165) is 17.7 Å². The molecule has 2 aromatic rings. The lowest BCUT2D eigenvalue weighted by molar-refractivity contribution is 0.689. The third-order valence-corrected chi connectivity index (χ3v) is 2.54. The van der Waals surface area contributed by atoms with Crippen LogP contribution in [0.2, 0.25) is 5.15 Å². The smallest absolute Gasteiger partial charge is 0.133 e. The lowest BCUT2D eigenvalue weighted by Gasteiger charge is -2.05. The van der Waals surface area contributed by atoms with E-state index in [-0.39, 0.29) is 12.4 Å². The van der Waals surface area contributed by atoms with Gasteiger partial charge in [-0.2, -0.15) is 0 Å². The molecule has 0 unspecified atom stereocenters. The van der Waals surface area contributed by atoms with Crippen molar-refractivity contribution in [2.24, 2.45) is 0 Å². The number of pyridine rings is 2. The summed E-state index contributed by atoms with van der Waals surface area (Å²) in [6.07, 6.45) is 5.30. The minimum absolute atomic E-state index is 0. The number of nitrogens with one attached hydrogen (secondary N) is 1. The summed E-state index contributed by atoms with van der Waals surface area (Å²) in [5, 5.41) is 3.85. The maximum Gasteiger partial charge on any atom is 0.133 e. The molecule has 0 saturated carbocycles. The van der Waals surface area contributed by atoms with Crippen LogP contribution in [-0.2, 0) is 13.1 Å². The Morgan fingerprint density at radius 3 is 2.65 bits per heavy atom. The van der Waals surface area contributed by atoms with E-state index in [0.29, 0.717) is 11.7 Å². The minimum Gasteiger partial charge on any atom is -0.308 e.